The Balaban J connectivity index is 2.01. The molecule has 1 heterocycles. The molecule has 1 aliphatic rings. The average Bonchev–Trinajstić information content (AvgIpc) is 2.73. The molecule has 1 atom stereocenters. The van der Waals surface area contributed by atoms with E-state index >= 15 is 0 Å². The van der Waals surface area contributed by atoms with Crippen LogP contribution >= 0.6 is 0 Å². The molecule has 0 spiro atoms. The van der Waals surface area contributed by atoms with Gasteiger partial charge < -0.3 is 20.5 Å². The van der Waals surface area contributed by atoms with E-state index in [4.69, 9.17) is 15.2 Å². The molecule has 0 saturated carbocycles. The van der Waals surface area contributed by atoms with Crippen LogP contribution in [0, 0.1) is 0 Å². The van der Waals surface area contributed by atoms with Crippen LogP contribution in [0.15, 0.2) is 18.2 Å². The largest absolute Gasteiger partial charge is 0.491 e. The van der Waals surface area contributed by atoms with E-state index in [1.54, 1.807) is 0 Å². The van der Waals surface area contributed by atoms with Crippen molar-refractivity contribution >= 4 is 11.4 Å². The van der Waals surface area contributed by atoms with Crippen molar-refractivity contribution in [1.29, 1.82) is 0 Å². The number of hydrogen-bond acceptors (Lipinski definition) is 4. The molecule has 1 aromatic rings. The Morgan fingerprint density at radius 1 is 1.42 bits per heavy atom. The summed E-state index contributed by atoms with van der Waals surface area (Å²) in [6, 6.07) is 5.75. The van der Waals surface area contributed by atoms with Gasteiger partial charge in [-0.1, -0.05) is 0 Å². The number of benzene rings is 1. The topological polar surface area (TPSA) is 56.5 Å². The maximum absolute atomic E-state index is 5.90. The second-order valence-electron chi connectivity index (χ2n) is 5.71. The first-order valence-electron chi connectivity index (χ1n) is 6.92. The number of anilines is 2. The normalized spacial score (nSPS) is 22.7. The third kappa shape index (κ3) is 4.03. The van der Waals surface area contributed by atoms with Gasteiger partial charge in [-0.15, -0.1) is 0 Å². The number of nitrogens with one attached hydrogen (secondary N) is 1. The minimum absolute atomic E-state index is 0.0658. The summed E-state index contributed by atoms with van der Waals surface area (Å²) in [4.78, 5) is 0. The molecule has 4 heteroatoms. The summed E-state index contributed by atoms with van der Waals surface area (Å²) in [6.07, 6.45) is 2.37. The van der Waals surface area contributed by atoms with Gasteiger partial charge in [0.1, 0.15) is 5.75 Å². The fourth-order valence-corrected chi connectivity index (χ4v) is 2.33. The first kappa shape index (κ1) is 14.0. The minimum Gasteiger partial charge on any atom is -0.491 e. The van der Waals surface area contributed by atoms with Crippen molar-refractivity contribution in [1.82, 2.24) is 0 Å². The Morgan fingerprint density at radius 2 is 2.21 bits per heavy atom. The highest BCUT2D eigenvalue weighted by atomic mass is 16.5. The van der Waals surface area contributed by atoms with Crippen molar-refractivity contribution in [3.05, 3.63) is 18.2 Å². The predicted molar refractivity (Wildman–Crippen MR) is 78.7 cm³/mol. The fourth-order valence-electron chi connectivity index (χ4n) is 2.33. The van der Waals surface area contributed by atoms with Crippen LogP contribution in [0.1, 0.15) is 33.6 Å². The van der Waals surface area contributed by atoms with Crippen LogP contribution in [-0.4, -0.2) is 24.9 Å². The molecule has 1 fully saturated rings. The third-order valence-corrected chi connectivity index (χ3v) is 3.27. The number of nitrogens with two attached hydrogens (primary N) is 1. The van der Waals surface area contributed by atoms with Crippen molar-refractivity contribution in [3.63, 3.8) is 0 Å². The van der Waals surface area contributed by atoms with Gasteiger partial charge in [-0.25, -0.2) is 0 Å². The number of hydrogen-bond donors (Lipinski definition) is 2. The minimum atomic E-state index is -0.0658. The van der Waals surface area contributed by atoms with Gasteiger partial charge in [0.2, 0.25) is 0 Å². The van der Waals surface area contributed by atoms with Crippen LogP contribution in [0.5, 0.6) is 5.75 Å². The average molecular weight is 264 g/mol. The Morgan fingerprint density at radius 3 is 2.84 bits per heavy atom. The second-order valence-corrected chi connectivity index (χ2v) is 5.71. The van der Waals surface area contributed by atoms with Gasteiger partial charge in [0.15, 0.2) is 0 Å². The van der Waals surface area contributed by atoms with Gasteiger partial charge in [0.25, 0.3) is 0 Å². The van der Waals surface area contributed by atoms with Crippen molar-refractivity contribution in [3.8, 4) is 5.75 Å². The first-order chi connectivity index (χ1) is 8.97. The second kappa shape index (κ2) is 5.70. The fraction of sp³-hybridized carbons (Fsp3) is 0.600. The van der Waals surface area contributed by atoms with Gasteiger partial charge in [-0.3, -0.25) is 0 Å². The zero-order valence-electron chi connectivity index (χ0n) is 12.0. The Labute approximate surface area is 115 Å². The van der Waals surface area contributed by atoms with E-state index in [1.807, 2.05) is 32.0 Å². The van der Waals surface area contributed by atoms with Crippen LogP contribution in [0.4, 0.5) is 11.4 Å². The molecular weight excluding hydrogens is 240 g/mol. The van der Waals surface area contributed by atoms with Crippen LogP contribution in [0.3, 0.4) is 0 Å². The molecule has 2 rings (SSSR count). The molecule has 1 aromatic carbocycles. The molecular formula is C15H24N2O2. The molecule has 0 aromatic heterocycles. The SMILES string of the molecule is CC(C)Oc1cc(N)cc(NCC2(C)CCCO2)c1. The van der Waals surface area contributed by atoms with Gasteiger partial charge in [0, 0.05) is 36.7 Å². The number of rotatable bonds is 5. The lowest BCUT2D eigenvalue weighted by Crippen LogP contribution is -2.32. The molecule has 0 bridgehead atoms. The molecule has 0 aliphatic carbocycles. The van der Waals surface area contributed by atoms with E-state index in [0.717, 1.165) is 37.4 Å². The van der Waals surface area contributed by atoms with Crippen LogP contribution in [0.2, 0.25) is 0 Å². The highest BCUT2D eigenvalue weighted by molar-refractivity contribution is 5.59. The van der Waals surface area contributed by atoms with E-state index in [-0.39, 0.29) is 11.7 Å². The molecule has 1 unspecified atom stereocenters. The Hall–Kier alpha value is -1.42. The molecule has 1 aliphatic heterocycles. The van der Waals surface area contributed by atoms with Crippen molar-refractivity contribution in [2.24, 2.45) is 0 Å². The molecule has 3 N–H and O–H groups in total. The lowest BCUT2D eigenvalue weighted by Gasteiger charge is -2.24. The molecule has 0 radical (unpaired) electrons. The first-order valence-corrected chi connectivity index (χ1v) is 6.92. The summed E-state index contributed by atoms with van der Waals surface area (Å²) in [5.74, 6) is 0.801. The highest BCUT2D eigenvalue weighted by Gasteiger charge is 2.29. The van der Waals surface area contributed by atoms with E-state index in [0.29, 0.717) is 5.69 Å². The zero-order chi connectivity index (χ0) is 13.9. The Bertz CT molecular complexity index is 426. The van der Waals surface area contributed by atoms with E-state index in [9.17, 15) is 0 Å². The lowest BCUT2D eigenvalue weighted by molar-refractivity contribution is 0.0315. The maximum atomic E-state index is 5.90. The van der Waals surface area contributed by atoms with Gasteiger partial charge in [-0.2, -0.15) is 0 Å². The quantitative estimate of drug-likeness (QED) is 0.803. The van der Waals surface area contributed by atoms with Crippen molar-refractivity contribution in [2.75, 3.05) is 24.2 Å². The molecule has 0 amide bonds. The van der Waals surface area contributed by atoms with Gasteiger partial charge in [-0.05, 0) is 39.7 Å². The van der Waals surface area contributed by atoms with E-state index < -0.39 is 0 Å². The summed E-state index contributed by atoms with van der Waals surface area (Å²) in [5, 5.41) is 3.40. The summed E-state index contributed by atoms with van der Waals surface area (Å²) in [6.45, 7) is 7.80. The van der Waals surface area contributed by atoms with Crippen LogP contribution < -0.4 is 15.8 Å². The molecule has 4 nitrogen and oxygen atoms in total. The van der Waals surface area contributed by atoms with E-state index in [2.05, 4.69) is 12.2 Å². The monoisotopic (exact) mass is 264 g/mol. The Kier molecular flexibility index (Phi) is 4.20. The summed E-state index contributed by atoms with van der Waals surface area (Å²) < 4.78 is 11.4. The number of ether oxygens (including phenoxy) is 2. The zero-order valence-corrected chi connectivity index (χ0v) is 12.0. The molecule has 1 saturated heterocycles. The smallest absolute Gasteiger partial charge is 0.123 e. The van der Waals surface area contributed by atoms with Crippen molar-refractivity contribution < 1.29 is 9.47 Å². The summed E-state index contributed by atoms with van der Waals surface area (Å²) >= 11 is 0. The third-order valence-electron chi connectivity index (χ3n) is 3.27. The molecule has 19 heavy (non-hydrogen) atoms. The number of nitrogen functional groups attached to an aromatic ring is 1. The maximum Gasteiger partial charge on any atom is 0.123 e. The highest BCUT2D eigenvalue weighted by Crippen LogP contribution is 2.27. The predicted octanol–water partition coefficient (Wildman–Crippen LogP) is 3.04. The van der Waals surface area contributed by atoms with Crippen LogP contribution in [0.25, 0.3) is 0 Å². The molecule has 106 valence electrons. The summed E-state index contributed by atoms with van der Waals surface area (Å²) in [7, 11) is 0. The lowest BCUT2D eigenvalue weighted by atomic mass is 10.0. The van der Waals surface area contributed by atoms with Gasteiger partial charge >= 0.3 is 0 Å². The summed E-state index contributed by atoms with van der Waals surface area (Å²) in [5.41, 5.74) is 7.52. The van der Waals surface area contributed by atoms with Gasteiger partial charge in [0.05, 0.1) is 11.7 Å². The van der Waals surface area contributed by atoms with E-state index in [1.165, 1.54) is 0 Å². The van der Waals surface area contributed by atoms with Crippen LogP contribution in [-0.2, 0) is 4.74 Å². The van der Waals surface area contributed by atoms with Crippen molar-refractivity contribution in [2.45, 2.75) is 45.3 Å². The standard InChI is InChI=1S/C15H24N2O2/c1-11(2)19-14-8-12(16)7-13(9-14)17-10-15(3)5-4-6-18-15/h7-9,11,17H,4-6,10,16H2,1-3H3.